The van der Waals surface area contributed by atoms with Crippen LogP contribution >= 0.6 is 0 Å². The first-order valence-electron chi connectivity index (χ1n) is 7.58. The van der Waals surface area contributed by atoms with Crippen molar-refractivity contribution in [3.63, 3.8) is 0 Å². The number of nitrogens with zero attached hydrogens (tertiary/aromatic N) is 1. The normalized spacial score (nSPS) is 16.9. The molecule has 1 atom stereocenters. The molecule has 1 fully saturated rings. The summed E-state index contributed by atoms with van der Waals surface area (Å²) < 4.78 is 2.44. The first-order valence-corrected chi connectivity index (χ1v) is 7.58. The summed E-state index contributed by atoms with van der Waals surface area (Å²) in [5.41, 5.74) is 2.83. The molecule has 0 bridgehead atoms. The number of hydrogen-bond donors (Lipinski definition) is 1. The molecule has 0 aliphatic heterocycles. The van der Waals surface area contributed by atoms with E-state index in [0.717, 1.165) is 25.0 Å². The van der Waals surface area contributed by atoms with E-state index in [-0.39, 0.29) is 0 Å². The maximum absolute atomic E-state index is 3.63. The van der Waals surface area contributed by atoms with Gasteiger partial charge in [-0.25, -0.2) is 0 Å². The van der Waals surface area contributed by atoms with E-state index in [0.29, 0.717) is 0 Å². The Morgan fingerprint density at radius 1 is 1.32 bits per heavy atom. The Balaban J connectivity index is 1.87. The zero-order valence-electron chi connectivity index (χ0n) is 12.0. The zero-order valence-corrected chi connectivity index (χ0v) is 12.0. The molecule has 2 heteroatoms. The maximum Gasteiger partial charge on any atom is 0.0483 e. The predicted octanol–water partition coefficient (Wildman–Crippen LogP) is 3.94. The van der Waals surface area contributed by atoms with Crippen LogP contribution in [-0.2, 0) is 13.1 Å². The van der Waals surface area contributed by atoms with Gasteiger partial charge in [-0.1, -0.05) is 38.5 Å². The van der Waals surface area contributed by atoms with Crippen molar-refractivity contribution in [3.8, 4) is 0 Å². The fourth-order valence-corrected chi connectivity index (χ4v) is 2.62. The standard InChI is InChI=1S/C17H24N2/c1-3-13(2)11-19-12-14(10-18-15-8-9-15)16-6-4-5-7-17(16)19/h4-7,12-13,15,18H,3,8-11H2,1-2H3. The van der Waals surface area contributed by atoms with Gasteiger partial charge in [-0.15, -0.1) is 0 Å². The third-order valence-corrected chi connectivity index (χ3v) is 4.23. The van der Waals surface area contributed by atoms with E-state index in [9.17, 15) is 0 Å². The van der Waals surface area contributed by atoms with Crippen LogP contribution in [0.5, 0.6) is 0 Å². The fourth-order valence-electron chi connectivity index (χ4n) is 2.62. The lowest BCUT2D eigenvalue weighted by atomic mass is 10.1. The highest BCUT2D eigenvalue weighted by molar-refractivity contribution is 5.83. The van der Waals surface area contributed by atoms with Crippen molar-refractivity contribution in [3.05, 3.63) is 36.0 Å². The summed E-state index contributed by atoms with van der Waals surface area (Å²) in [6.45, 7) is 6.74. The molecule has 1 saturated carbocycles. The number of aromatic nitrogens is 1. The van der Waals surface area contributed by atoms with E-state index in [4.69, 9.17) is 0 Å². The van der Waals surface area contributed by atoms with Crippen LogP contribution in [-0.4, -0.2) is 10.6 Å². The van der Waals surface area contributed by atoms with Crippen LogP contribution in [0.2, 0.25) is 0 Å². The molecule has 0 amide bonds. The van der Waals surface area contributed by atoms with Crippen LogP contribution < -0.4 is 5.32 Å². The minimum absolute atomic E-state index is 0.736. The second-order valence-corrected chi connectivity index (χ2v) is 5.99. The fraction of sp³-hybridized carbons (Fsp3) is 0.529. The Kier molecular flexibility index (Phi) is 3.61. The van der Waals surface area contributed by atoms with E-state index >= 15 is 0 Å². The van der Waals surface area contributed by atoms with Gasteiger partial charge in [0, 0.05) is 36.2 Å². The number of nitrogens with one attached hydrogen (secondary N) is 1. The quantitative estimate of drug-likeness (QED) is 0.828. The van der Waals surface area contributed by atoms with Gasteiger partial charge in [0.25, 0.3) is 0 Å². The van der Waals surface area contributed by atoms with E-state index in [1.807, 2.05) is 0 Å². The summed E-state index contributed by atoms with van der Waals surface area (Å²) in [5, 5.41) is 5.05. The molecule has 0 radical (unpaired) electrons. The van der Waals surface area contributed by atoms with Crippen molar-refractivity contribution in [2.75, 3.05) is 0 Å². The van der Waals surface area contributed by atoms with Crippen molar-refractivity contribution >= 4 is 10.9 Å². The van der Waals surface area contributed by atoms with Gasteiger partial charge in [0.15, 0.2) is 0 Å². The first kappa shape index (κ1) is 12.7. The number of benzene rings is 1. The summed E-state index contributed by atoms with van der Waals surface area (Å²) in [6.07, 6.45) is 6.30. The molecular weight excluding hydrogens is 232 g/mol. The smallest absolute Gasteiger partial charge is 0.0483 e. The van der Waals surface area contributed by atoms with Crippen molar-refractivity contribution in [2.45, 2.75) is 52.2 Å². The van der Waals surface area contributed by atoms with Crippen LogP contribution in [0.25, 0.3) is 10.9 Å². The lowest BCUT2D eigenvalue weighted by Crippen LogP contribution is -2.15. The molecule has 102 valence electrons. The minimum atomic E-state index is 0.736. The van der Waals surface area contributed by atoms with Crippen molar-refractivity contribution < 1.29 is 0 Å². The Labute approximate surface area is 115 Å². The average Bonchev–Trinajstić information content (AvgIpc) is 3.20. The number of hydrogen-bond acceptors (Lipinski definition) is 1. The molecule has 0 saturated heterocycles. The third kappa shape index (κ3) is 2.84. The number of fused-ring (bicyclic) bond motifs is 1. The van der Waals surface area contributed by atoms with Gasteiger partial charge in [0.1, 0.15) is 0 Å². The molecule has 0 spiro atoms. The highest BCUT2D eigenvalue weighted by Gasteiger charge is 2.20. The minimum Gasteiger partial charge on any atom is -0.347 e. The highest BCUT2D eigenvalue weighted by atomic mass is 15.0. The largest absolute Gasteiger partial charge is 0.347 e. The topological polar surface area (TPSA) is 17.0 Å². The Morgan fingerprint density at radius 3 is 2.84 bits per heavy atom. The van der Waals surface area contributed by atoms with Gasteiger partial charge in [-0.2, -0.15) is 0 Å². The van der Waals surface area contributed by atoms with Gasteiger partial charge in [-0.3, -0.25) is 0 Å². The summed E-state index contributed by atoms with van der Waals surface area (Å²) >= 11 is 0. The molecule has 1 heterocycles. The van der Waals surface area contributed by atoms with Crippen molar-refractivity contribution in [1.82, 2.24) is 9.88 Å². The highest BCUT2D eigenvalue weighted by Crippen LogP contribution is 2.25. The zero-order chi connectivity index (χ0) is 13.2. The van der Waals surface area contributed by atoms with E-state index in [1.165, 1.54) is 35.7 Å². The molecule has 1 aromatic carbocycles. The van der Waals surface area contributed by atoms with Gasteiger partial charge in [0.2, 0.25) is 0 Å². The summed E-state index contributed by atoms with van der Waals surface area (Å²) in [6, 6.07) is 9.58. The van der Waals surface area contributed by atoms with Crippen molar-refractivity contribution in [1.29, 1.82) is 0 Å². The molecule has 1 unspecified atom stereocenters. The molecule has 1 aromatic heterocycles. The summed E-state index contributed by atoms with van der Waals surface area (Å²) in [7, 11) is 0. The predicted molar refractivity (Wildman–Crippen MR) is 81.3 cm³/mol. The average molecular weight is 256 g/mol. The molecular formula is C17H24N2. The Morgan fingerprint density at radius 2 is 2.11 bits per heavy atom. The number of rotatable bonds is 6. The Bertz CT molecular complexity index is 551. The van der Waals surface area contributed by atoms with Crippen LogP contribution in [0.1, 0.15) is 38.7 Å². The summed E-state index contributed by atoms with van der Waals surface area (Å²) in [4.78, 5) is 0. The van der Waals surface area contributed by atoms with E-state index in [2.05, 4.69) is 54.2 Å². The summed E-state index contributed by atoms with van der Waals surface area (Å²) in [5.74, 6) is 0.736. The molecule has 2 nitrogen and oxygen atoms in total. The van der Waals surface area contributed by atoms with Crippen LogP contribution in [0.4, 0.5) is 0 Å². The first-order chi connectivity index (χ1) is 9.28. The maximum atomic E-state index is 3.63. The SMILES string of the molecule is CCC(C)Cn1cc(CNC2CC2)c2ccccc21. The van der Waals surface area contributed by atoms with Crippen LogP contribution in [0.3, 0.4) is 0 Å². The van der Waals surface area contributed by atoms with Gasteiger partial charge in [-0.05, 0) is 30.4 Å². The molecule has 1 N–H and O–H groups in total. The molecule has 3 rings (SSSR count). The lowest BCUT2D eigenvalue weighted by molar-refractivity contribution is 0.477. The molecule has 2 aromatic rings. The lowest BCUT2D eigenvalue weighted by Gasteiger charge is -2.10. The molecule has 1 aliphatic rings. The molecule has 1 aliphatic carbocycles. The van der Waals surface area contributed by atoms with Crippen LogP contribution in [0, 0.1) is 5.92 Å². The molecule has 19 heavy (non-hydrogen) atoms. The second kappa shape index (κ2) is 5.38. The number of para-hydroxylation sites is 1. The van der Waals surface area contributed by atoms with E-state index < -0.39 is 0 Å². The van der Waals surface area contributed by atoms with Gasteiger partial charge < -0.3 is 9.88 Å². The van der Waals surface area contributed by atoms with Gasteiger partial charge in [0.05, 0.1) is 0 Å². The second-order valence-electron chi connectivity index (χ2n) is 5.99. The monoisotopic (exact) mass is 256 g/mol. The van der Waals surface area contributed by atoms with Crippen molar-refractivity contribution in [2.24, 2.45) is 5.92 Å². The Hall–Kier alpha value is -1.28. The van der Waals surface area contributed by atoms with Gasteiger partial charge >= 0.3 is 0 Å². The third-order valence-electron chi connectivity index (χ3n) is 4.23. The van der Waals surface area contributed by atoms with E-state index in [1.54, 1.807) is 0 Å². The van der Waals surface area contributed by atoms with Crippen LogP contribution in [0.15, 0.2) is 30.5 Å².